The predicted octanol–water partition coefficient (Wildman–Crippen LogP) is 3.03. The summed E-state index contributed by atoms with van der Waals surface area (Å²) in [5.41, 5.74) is 0.555. The summed E-state index contributed by atoms with van der Waals surface area (Å²) >= 11 is 3.21. The van der Waals surface area contributed by atoms with Crippen LogP contribution in [0.3, 0.4) is 0 Å². The molecule has 0 aliphatic carbocycles. The van der Waals surface area contributed by atoms with Crippen molar-refractivity contribution in [3.63, 3.8) is 0 Å². The third-order valence-electron chi connectivity index (χ3n) is 3.14. The Labute approximate surface area is 110 Å². The number of halogens is 1. The van der Waals surface area contributed by atoms with Crippen molar-refractivity contribution in [1.29, 1.82) is 0 Å². The molecule has 0 aromatic heterocycles. The highest BCUT2D eigenvalue weighted by Gasteiger charge is 2.22. The predicted molar refractivity (Wildman–Crippen MR) is 70.1 cm³/mol. The fraction of sp³-hybridized carbons (Fsp3) is 0.462. The van der Waals surface area contributed by atoms with Gasteiger partial charge in [-0.25, -0.2) is 0 Å². The lowest BCUT2D eigenvalue weighted by atomic mass is 9.99. The number of amides is 1. The van der Waals surface area contributed by atoms with Crippen molar-refractivity contribution >= 4 is 21.8 Å². The number of phenols is 1. The first-order chi connectivity index (χ1) is 8.08. The van der Waals surface area contributed by atoms with E-state index in [9.17, 15) is 9.90 Å². The van der Waals surface area contributed by atoms with E-state index in [1.54, 1.807) is 12.1 Å². The van der Waals surface area contributed by atoms with Crippen LogP contribution in [0, 0.1) is 5.92 Å². The van der Waals surface area contributed by atoms with Crippen molar-refractivity contribution in [2.24, 2.45) is 5.92 Å². The van der Waals surface area contributed by atoms with Gasteiger partial charge in [0.25, 0.3) is 5.91 Å². The lowest BCUT2D eigenvalue weighted by molar-refractivity contribution is 0.0682. The van der Waals surface area contributed by atoms with E-state index in [1.165, 1.54) is 12.5 Å². The molecule has 1 amide bonds. The molecular formula is C13H16BrNO2. The van der Waals surface area contributed by atoms with Crippen molar-refractivity contribution in [1.82, 2.24) is 4.90 Å². The van der Waals surface area contributed by atoms with Crippen LogP contribution in [0.2, 0.25) is 0 Å². The van der Waals surface area contributed by atoms with Crippen LogP contribution in [-0.2, 0) is 0 Å². The van der Waals surface area contributed by atoms with E-state index in [2.05, 4.69) is 22.9 Å². The van der Waals surface area contributed by atoms with Crippen LogP contribution in [0.25, 0.3) is 0 Å². The smallest absolute Gasteiger partial charge is 0.253 e. The second-order valence-corrected chi connectivity index (χ2v) is 5.52. The minimum Gasteiger partial charge on any atom is -0.507 e. The van der Waals surface area contributed by atoms with Gasteiger partial charge in [-0.1, -0.05) is 6.92 Å². The number of phenolic OH excluding ortho intramolecular Hbond substituents is 1. The quantitative estimate of drug-likeness (QED) is 0.865. The van der Waals surface area contributed by atoms with Gasteiger partial charge in [-0.05, 0) is 52.9 Å². The maximum absolute atomic E-state index is 12.2. The number of hydrogen-bond acceptors (Lipinski definition) is 2. The summed E-state index contributed by atoms with van der Waals surface area (Å²) in [5.74, 6) is 0.692. The lowest BCUT2D eigenvalue weighted by Crippen LogP contribution is -2.39. The summed E-state index contributed by atoms with van der Waals surface area (Å²) in [6.07, 6.45) is 2.25. The van der Waals surface area contributed by atoms with Crippen LogP contribution >= 0.6 is 15.9 Å². The molecule has 17 heavy (non-hydrogen) atoms. The summed E-state index contributed by atoms with van der Waals surface area (Å²) in [6.45, 7) is 3.80. The van der Waals surface area contributed by atoms with Crippen LogP contribution in [0.1, 0.15) is 30.1 Å². The van der Waals surface area contributed by atoms with E-state index in [0.29, 0.717) is 16.0 Å². The highest BCUT2D eigenvalue weighted by molar-refractivity contribution is 9.10. The highest BCUT2D eigenvalue weighted by atomic mass is 79.9. The van der Waals surface area contributed by atoms with Gasteiger partial charge in [-0.3, -0.25) is 4.79 Å². The Morgan fingerprint density at radius 2 is 2.29 bits per heavy atom. The summed E-state index contributed by atoms with van der Waals surface area (Å²) in [5, 5.41) is 9.58. The van der Waals surface area contributed by atoms with Gasteiger partial charge in [-0.15, -0.1) is 0 Å². The first-order valence-corrected chi connectivity index (χ1v) is 6.65. The maximum atomic E-state index is 12.2. The third-order valence-corrected chi connectivity index (χ3v) is 3.81. The molecular weight excluding hydrogens is 282 g/mol. The average molecular weight is 298 g/mol. The highest BCUT2D eigenvalue weighted by Crippen LogP contribution is 2.26. The summed E-state index contributed by atoms with van der Waals surface area (Å²) in [7, 11) is 0. The molecule has 3 nitrogen and oxygen atoms in total. The fourth-order valence-corrected chi connectivity index (χ4v) is 2.45. The number of piperidine rings is 1. The Morgan fingerprint density at radius 3 is 2.94 bits per heavy atom. The minimum atomic E-state index is 0.0133. The number of rotatable bonds is 1. The third kappa shape index (κ3) is 2.80. The zero-order chi connectivity index (χ0) is 12.4. The molecule has 0 spiro atoms. The first-order valence-electron chi connectivity index (χ1n) is 5.85. The Kier molecular flexibility index (Phi) is 3.72. The van der Waals surface area contributed by atoms with Crippen molar-refractivity contribution < 1.29 is 9.90 Å². The molecule has 1 unspecified atom stereocenters. The Balaban J connectivity index is 2.15. The summed E-state index contributed by atoms with van der Waals surface area (Å²) < 4.78 is 0.612. The molecule has 1 heterocycles. The maximum Gasteiger partial charge on any atom is 0.253 e. The number of aromatic hydroxyl groups is 1. The van der Waals surface area contributed by atoms with Crippen LogP contribution in [0.5, 0.6) is 5.75 Å². The van der Waals surface area contributed by atoms with Gasteiger partial charge in [0, 0.05) is 18.7 Å². The van der Waals surface area contributed by atoms with Crippen molar-refractivity contribution in [2.75, 3.05) is 13.1 Å². The Bertz CT molecular complexity index is 433. The Morgan fingerprint density at radius 1 is 1.53 bits per heavy atom. The summed E-state index contributed by atoms with van der Waals surface area (Å²) in [4.78, 5) is 14.1. The number of likely N-dealkylation sites (tertiary alicyclic amines) is 1. The largest absolute Gasteiger partial charge is 0.507 e. The molecule has 1 fully saturated rings. The number of benzene rings is 1. The monoisotopic (exact) mass is 297 g/mol. The van der Waals surface area contributed by atoms with E-state index in [-0.39, 0.29) is 11.7 Å². The standard InChI is InChI=1S/C13H16BrNO2/c1-9-3-2-6-15(8-9)13(17)10-4-5-11(14)12(16)7-10/h4-5,7,9,16H,2-3,6,8H2,1H3. The van der Waals surface area contributed by atoms with Crippen LogP contribution in [0.15, 0.2) is 22.7 Å². The van der Waals surface area contributed by atoms with Crippen LogP contribution in [-0.4, -0.2) is 29.0 Å². The van der Waals surface area contributed by atoms with Gasteiger partial charge in [0.2, 0.25) is 0 Å². The molecule has 1 aliphatic heterocycles. The van der Waals surface area contributed by atoms with Crippen molar-refractivity contribution in [2.45, 2.75) is 19.8 Å². The van der Waals surface area contributed by atoms with Gasteiger partial charge in [-0.2, -0.15) is 0 Å². The molecule has 4 heteroatoms. The van der Waals surface area contributed by atoms with Gasteiger partial charge < -0.3 is 10.0 Å². The number of nitrogens with zero attached hydrogens (tertiary/aromatic N) is 1. The van der Waals surface area contributed by atoms with E-state index >= 15 is 0 Å². The molecule has 0 radical (unpaired) electrons. The average Bonchev–Trinajstić information content (AvgIpc) is 2.32. The van der Waals surface area contributed by atoms with E-state index in [0.717, 1.165) is 19.5 Å². The molecule has 1 N–H and O–H groups in total. The Hall–Kier alpha value is -1.03. The molecule has 2 rings (SSSR count). The molecule has 1 aromatic rings. The van der Waals surface area contributed by atoms with Crippen LogP contribution < -0.4 is 0 Å². The normalized spacial score (nSPS) is 20.4. The number of carbonyl (C=O) groups excluding carboxylic acids is 1. The summed E-state index contributed by atoms with van der Waals surface area (Å²) in [6, 6.07) is 4.97. The lowest BCUT2D eigenvalue weighted by Gasteiger charge is -2.31. The zero-order valence-electron chi connectivity index (χ0n) is 9.82. The molecule has 1 aromatic carbocycles. The molecule has 92 valence electrons. The van der Waals surface area contributed by atoms with E-state index in [1.807, 2.05) is 4.90 Å². The molecule has 1 atom stereocenters. The topological polar surface area (TPSA) is 40.5 Å². The van der Waals surface area contributed by atoms with Crippen molar-refractivity contribution in [3.05, 3.63) is 28.2 Å². The van der Waals surface area contributed by atoms with Gasteiger partial charge in [0.05, 0.1) is 4.47 Å². The van der Waals surface area contributed by atoms with E-state index < -0.39 is 0 Å². The molecule has 0 saturated carbocycles. The fourth-order valence-electron chi connectivity index (χ4n) is 2.20. The van der Waals surface area contributed by atoms with Gasteiger partial charge in [0.1, 0.15) is 5.75 Å². The zero-order valence-corrected chi connectivity index (χ0v) is 11.4. The number of hydrogen-bond donors (Lipinski definition) is 1. The minimum absolute atomic E-state index is 0.0133. The number of carbonyl (C=O) groups is 1. The second-order valence-electron chi connectivity index (χ2n) is 4.66. The van der Waals surface area contributed by atoms with E-state index in [4.69, 9.17) is 0 Å². The molecule has 1 saturated heterocycles. The van der Waals surface area contributed by atoms with Crippen molar-refractivity contribution in [3.8, 4) is 5.75 Å². The molecule has 1 aliphatic rings. The molecule has 0 bridgehead atoms. The van der Waals surface area contributed by atoms with Crippen LogP contribution in [0.4, 0.5) is 0 Å². The van der Waals surface area contributed by atoms with Gasteiger partial charge >= 0.3 is 0 Å². The first kappa shape index (κ1) is 12.4. The SMILES string of the molecule is CC1CCCN(C(=O)c2ccc(Br)c(O)c2)C1. The van der Waals surface area contributed by atoms with Gasteiger partial charge in [0.15, 0.2) is 0 Å². The second kappa shape index (κ2) is 5.08.